The van der Waals surface area contributed by atoms with E-state index in [0.717, 1.165) is 26.6 Å². The molecule has 0 heterocycles. The number of sulfonamides is 1. The first kappa shape index (κ1) is 31.0. The smallest absolute Gasteiger partial charge is 0.264 e. The van der Waals surface area contributed by atoms with Crippen molar-refractivity contribution >= 4 is 33.7 Å². The van der Waals surface area contributed by atoms with E-state index in [1.807, 2.05) is 57.2 Å². The molecule has 0 atom stereocenters. The van der Waals surface area contributed by atoms with Gasteiger partial charge in [-0.1, -0.05) is 54.1 Å². The number of anilines is 1. The Balaban J connectivity index is 1.35. The highest BCUT2D eigenvalue weighted by molar-refractivity contribution is 7.92. The van der Waals surface area contributed by atoms with Crippen LogP contribution in [0.2, 0.25) is 0 Å². The predicted molar refractivity (Wildman–Crippen MR) is 168 cm³/mol. The number of hydrogen-bond donors (Lipinski definition) is 2. The second-order valence-corrected chi connectivity index (χ2v) is 11.9. The van der Waals surface area contributed by atoms with Gasteiger partial charge < -0.3 is 10.1 Å². The number of ether oxygens (including phenoxy) is 1. The standard InChI is InChI=1S/C33H34N4O5S/c1-24-9-15-31(16-10-24)43(40,41)37(29-18-25(2)17-26(3)19-29)22-32(38)36-35-21-28-11-13-30(14-12-28)42-23-33(39)34-20-27-7-5-4-6-8-27/h4-19,21H,20,22-23H2,1-3H3,(H,34,39)(H,36,38)/b35-21-. The van der Waals surface area contributed by atoms with E-state index < -0.39 is 22.5 Å². The van der Waals surface area contributed by atoms with Crippen LogP contribution in [0.1, 0.15) is 27.8 Å². The molecule has 9 nitrogen and oxygen atoms in total. The summed E-state index contributed by atoms with van der Waals surface area (Å²) in [6.45, 7) is 5.44. The zero-order chi connectivity index (χ0) is 30.8. The molecule has 0 saturated heterocycles. The number of hydrogen-bond acceptors (Lipinski definition) is 6. The second-order valence-electron chi connectivity index (χ2n) is 10.1. The van der Waals surface area contributed by atoms with E-state index in [-0.39, 0.29) is 17.4 Å². The second kappa shape index (κ2) is 14.3. The number of benzene rings is 4. The summed E-state index contributed by atoms with van der Waals surface area (Å²) in [5.74, 6) is -0.342. The van der Waals surface area contributed by atoms with Crippen LogP contribution in [-0.4, -0.2) is 39.6 Å². The van der Waals surface area contributed by atoms with Crippen LogP contribution in [-0.2, 0) is 26.2 Å². The van der Waals surface area contributed by atoms with E-state index in [2.05, 4.69) is 15.8 Å². The summed E-state index contributed by atoms with van der Waals surface area (Å²) in [6, 6.07) is 28.3. The van der Waals surface area contributed by atoms with Gasteiger partial charge >= 0.3 is 0 Å². The minimum atomic E-state index is -4.03. The molecule has 2 N–H and O–H groups in total. The summed E-state index contributed by atoms with van der Waals surface area (Å²) in [5, 5.41) is 6.80. The molecular weight excluding hydrogens is 564 g/mol. The van der Waals surface area contributed by atoms with Crippen molar-refractivity contribution in [3.63, 3.8) is 0 Å². The van der Waals surface area contributed by atoms with Gasteiger partial charge in [0.1, 0.15) is 12.3 Å². The number of hydrazone groups is 1. The molecular formula is C33H34N4O5S. The molecule has 0 fully saturated rings. The van der Waals surface area contributed by atoms with Crippen molar-refractivity contribution in [2.75, 3.05) is 17.5 Å². The topological polar surface area (TPSA) is 117 Å². The molecule has 0 spiro atoms. The Hall–Kier alpha value is -4.96. The van der Waals surface area contributed by atoms with Gasteiger partial charge in [0, 0.05) is 6.54 Å². The number of amides is 2. The monoisotopic (exact) mass is 598 g/mol. The summed E-state index contributed by atoms with van der Waals surface area (Å²) < 4.78 is 33.8. The lowest BCUT2D eigenvalue weighted by atomic mass is 10.1. The van der Waals surface area contributed by atoms with Crippen molar-refractivity contribution in [1.82, 2.24) is 10.7 Å². The molecule has 2 amide bonds. The Morgan fingerprint density at radius 2 is 1.47 bits per heavy atom. The Kier molecular flexibility index (Phi) is 10.3. The molecule has 4 rings (SSSR count). The van der Waals surface area contributed by atoms with Gasteiger partial charge in [-0.15, -0.1) is 0 Å². The Morgan fingerprint density at radius 1 is 0.814 bits per heavy atom. The average molecular weight is 599 g/mol. The third kappa shape index (κ3) is 9.01. The molecule has 0 radical (unpaired) electrons. The van der Waals surface area contributed by atoms with Crippen LogP contribution in [0.3, 0.4) is 0 Å². The molecule has 4 aromatic carbocycles. The molecule has 0 unspecified atom stereocenters. The SMILES string of the molecule is Cc1ccc(S(=O)(=O)N(CC(=O)N/N=C\c2ccc(OCC(=O)NCc3ccccc3)cc2)c2cc(C)cc(C)c2)cc1. The maximum atomic E-state index is 13.6. The first-order chi connectivity index (χ1) is 20.6. The Bertz CT molecular complexity index is 1670. The van der Waals surface area contributed by atoms with Gasteiger partial charge in [0.2, 0.25) is 0 Å². The van der Waals surface area contributed by atoms with Crippen molar-refractivity contribution in [1.29, 1.82) is 0 Å². The average Bonchev–Trinajstić information content (AvgIpc) is 2.98. The first-order valence-electron chi connectivity index (χ1n) is 13.6. The summed E-state index contributed by atoms with van der Waals surface area (Å²) in [5.41, 5.74) is 7.14. The third-order valence-corrected chi connectivity index (χ3v) is 8.16. The Labute approximate surface area is 252 Å². The fraction of sp³-hybridized carbons (Fsp3) is 0.182. The van der Waals surface area contributed by atoms with Gasteiger partial charge in [-0.2, -0.15) is 5.10 Å². The highest BCUT2D eigenvalue weighted by Gasteiger charge is 2.27. The van der Waals surface area contributed by atoms with Gasteiger partial charge in [-0.25, -0.2) is 13.8 Å². The van der Waals surface area contributed by atoms with Crippen LogP contribution in [0.25, 0.3) is 0 Å². The fourth-order valence-electron chi connectivity index (χ4n) is 4.24. The number of aryl methyl sites for hydroxylation is 3. The van der Waals surface area contributed by atoms with E-state index in [4.69, 9.17) is 4.74 Å². The largest absolute Gasteiger partial charge is 0.484 e. The van der Waals surface area contributed by atoms with Gasteiger partial charge in [0.25, 0.3) is 21.8 Å². The van der Waals surface area contributed by atoms with Gasteiger partial charge in [0.15, 0.2) is 6.61 Å². The highest BCUT2D eigenvalue weighted by atomic mass is 32.2. The number of rotatable bonds is 12. The summed E-state index contributed by atoms with van der Waals surface area (Å²) in [6.07, 6.45) is 1.43. The number of nitrogens with zero attached hydrogens (tertiary/aromatic N) is 2. The maximum absolute atomic E-state index is 13.6. The van der Waals surface area contributed by atoms with Crippen LogP contribution in [0, 0.1) is 20.8 Å². The lowest BCUT2D eigenvalue weighted by molar-refractivity contribution is -0.123. The lowest BCUT2D eigenvalue weighted by Gasteiger charge is -2.24. The van der Waals surface area contributed by atoms with Crippen LogP contribution >= 0.6 is 0 Å². The van der Waals surface area contributed by atoms with Crippen molar-refractivity contribution in [3.05, 3.63) is 125 Å². The number of carbonyl (C=O) groups is 2. The third-order valence-electron chi connectivity index (χ3n) is 6.38. The van der Waals surface area contributed by atoms with E-state index in [0.29, 0.717) is 23.5 Å². The summed E-state index contributed by atoms with van der Waals surface area (Å²) >= 11 is 0. The molecule has 0 aromatic heterocycles. The maximum Gasteiger partial charge on any atom is 0.264 e. The van der Waals surface area contributed by atoms with E-state index in [9.17, 15) is 18.0 Å². The predicted octanol–water partition coefficient (Wildman–Crippen LogP) is 4.65. The van der Waals surface area contributed by atoms with Crippen molar-refractivity contribution in [2.45, 2.75) is 32.2 Å². The number of carbonyl (C=O) groups excluding carboxylic acids is 2. The minimum Gasteiger partial charge on any atom is -0.484 e. The van der Waals surface area contributed by atoms with E-state index in [1.54, 1.807) is 48.5 Å². The molecule has 4 aromatic rings. The zero-order valence-corrected chi connectivity index (χ0v) is 25.1. The van der Waals surface area contributed by atoms with Gasteiger partial charge in [-0.3, -0.25) is 13.9 Å². The van der Waals surface area contributed by atoms with E-state index >= 15 is 0 Å². The minimum absolute atomic E-state index is 0.0875. The van der Waals surface area contributed by atoms with Crippen LogP contribution < -0.4 is 19.8 Å². The molecule has 0 bridgehead atoms. The van der Waals surface area contributed by atoms with E-state index in [1.165, 1.54) is 18.3 Å². The zero-order valence-electron chi connectivity index (χ0n) is 24.3. The van der Waals surface area contributed by atoms with Crippen LogP contribution in [0.5, 0.6) is 5.75 Å². The molecule has 0 aliphatic rings. The summed E-state index contributed by atoms with van der Waals surface area (Å²) in [4.78, 5) is 25.0. The quantitative estimate of drug-likeness (QED) is 0.182. The van der Waals surface area contributed by atoms with Gasteiger partial charge in [0.05, 0.1) is 16.8 Å². The number of nitrogens with one attached hydrogen (secondary N) is 2. The molecule has 10 heteroatoms. The molecule has 0 saturated carbocycles. The lowest BCUT2D eigenvalue weighted by Crippen LogP contribution is -2.39. The first-order valence-corrected chi connectivity index (χ1v) is 15.1. The Morgan fingerprint density at radius 3 is 2.12 bits per heavy atom. The fourth-order valence-corrected chi connectivity index (χ4v) is 5.64. The van der Waals surface area contributed by atoms with Crippen LogP contribution in [0.4, 0.5) is 5.69 Å². The van der Waals surface area contributed by atoms with Crippen LogP contribution in [0.15, 0.2) is 107 Å². The summed E-state index contributed by atoms with van der Waals surface area (Å²) in [7, 11) is -4.03. The highest BCUT2D eigenvalue weighted by Crippen LogP contribution is 2.26. The van der Waals surface area contributed by atoms with Crippen molar-refractivity contribution < 1.29 is 22.7 Å². The van der Waals surface area contributed by atoms with Crippen molar-refractivity contribution in [3.8, 4) is 5.75 Å². The normalized spacial score (nSPS) is 11.2. The van der Waals surface area contributed by atoms with Crippen molar-refractivity contribution in [2.24, 2.45) is 5.10 Å². The molecule has 222 valence electrons. The molecule has 43 heavy (non-hydrogen) atoms. The van der Waals surface area contributed by atoms with Gasteiger partial charge in [-0.05, 0) is 91.6 Å². The molecule has 0 aliphatic carbocycles. The molecule has 0 aliphatic heterocycles.